The van der Waals surface area contributed by atoms with E-state index in [1.165, 1.54) is 6.07 Å². The maximum atomic E-state index is 12.7. The van der Waals surface area contributed by atoms with Crippen molar-refractivity contribution in [3.05, 3.63) is 36.3 Å². The van der Waals surface area contributed by atoms with Gasteiger partial charge in [0.05, 0.1) is 6.61 Å². The van der Waals surface area contributed by atoms with Gasteiger partial charge in [0.2, 0.25) is 5.95 Å². The fourth-order valence-electron chi connectivity index (χ4n) is 2.99. The number of hydrogen-bond donors (Lipinski definition) is 0. The summed E-state index contributed by atoms with van der Waals surface area (Å²) in [6, 6.07) is 4.22. The lowest BCUT2D eigenvalue weighted by atomic mass is 9.99. The topological polar surface area (TPSA) is 54.4 Å². The van der Waals surface area contributed by atoms with Crippen molar-refractivity contribution in [1.29, 1.82) is 0 Å². The maximum absolute atomic E-state index is 12.7. The molecule has 1 aliphatic rings. The Morgan fingerprint density at radius 3 is 2.74 bits per heavy atom. The van der Waals surface area contributed by atoms with Crippen LogP contribution >= 0.6 is 0 Å². The lowest BCUT2D eigenvalue weighted by Crippen LogP contribution is -2.38. The van der Waals surface area contributed by atoms with Crippen molar-refractivity contribution in [3.8, 4) is 5.75 Å². The molecular weight excluding hydrogens is 359 g/mol. The minimum absolute atomic E-state index is 0.181. The van der Waals surface area contributed by atoms with Gasteiger partial charge in [-0.2, -0.15) is 18.2 Å². The first-order valence-electron chi connectivity index (χ1n) is 8.74. The zero-order chi connectivity index (χ0) is 19.4. The van der Waals surface area contributed by atoms with E-state index >= 15 is 0 Å². The highest BCUT2D eigenvalue weighted by atomic mass is 19.4. The highest BCUT2D eigenvalue weighted by molar-refractivity contribution is 5.42. The highest BCUT2D eigenvalue weighted by Gasteiger charge is 2.32. The number of aromatic nitrogens is 3. The zero-order valence-corrected chi connectivity index (χ0v) is 15.3. The van der Waals surface area contributed by atoms with Crippen LogP contribution < -0.4 is 14.5 Å². The Hall–Kier alpha value is -2.58. The lowest BCUT2D eigenvalue weighted by Gasteiger charge is -2.33. The van der Waals surface area contributed by atoms with Gasteiger partial charge in [-0.3, -0.25) is 4.98 Å². The summed E-state index contributed by atoms with van der Waals surface area (Å²) in [7, 11) is 3.84. The molecule has 0 spiro atoms. The molecule has 3 rings (SSSR count). The number of alkyl halides is 3. The van der Waals surface area contributed by atoms with Crippen LogP contribution in [-0.2, 0) is 6.18 Å². The third kappa shape index (κ3) is 4.99. The fourth-order valence-corrected chi connectivity index (χ4v) is 2.99. The monoisotopic (exact) mass is 381 g/mol. The first kappa shape index (κ1) is 19.2. The van der Waals surface area contributed by atoms with E-state index in [4.69, 9.17) is 4.74 Å². The van der Waals surface area contributed by atoms with E-state index in [0.717, 1.165) is 37.5 Å². The quantitative estimate of drug-likeness (QED) is 0.793. The molecule has 27 heavy (non-hydrogen) atoms. The lowest BCUT2D eigenvalue weighted by molar-refractivity contribution is -0.141. The van der Waals surface area contributed by atoms with Crippen molar-refractivity contribution in [3.63, 3.8) is 0 Å². The molecule has 1 fully saturated rings. The Bertz CT molecular complexity index is 769. The van der Waals surface area contributed by atoms with Gasteiger partial charge in [0.1, 0.15) is 17.3 Å². The second-order valence-corrected chi connectivity index (χ2v) is 6.75. The average Bonchev–Trinajstić information content (AvgIpc) is 2.66. The van der Waals surface area contributed by atoms with Gasteiger partial charge in [-0.15, -0.1) is 0 Å². The predicted octanol–water partition coefficient (Wildman–Crippen LogP) is 3.25. The van der Waals surface area contributed by atoms with Crippen molar-refractivity contribution in [2.75, 3.05) is 43.6 Å². The largest absolute Gasteiger partial charge is 0.493 e. The van der Waals surface area contributed by atoms with E-state index in [0.29, 0.717) is 19.1 Å². The molecule has 2 aromatic rings. The minimum atomic E-state index is -4.48. The van der Waals surface area contributed by atoms with Gasteiger partial charge in [0.25, 0.3) is 0 Å². The normalized spacial score (nSPS) is 17.7. The Kier molecular flexibility index (Phi) is 5.67. The molecule has 0 radical (unpaired) electrons. The van der Waals surface area contributed by atoms with E-state index < -0.39 is 11.9 Å². The van der Waals surface area contributed by atoms with Crippen LogP contribution in [0.25, 0.3) is 0 Å². The molecule has 0 amide bonds. The summed E-state index contributed by atoms with van der Waals surface area (Å²) in [5.41, 5.74) is -0.945. The number of halogens is 3. The molecule has 1 atom stereocenters. The molecule has 3 heterocycles. The number of ether oxygens (including phenoxy) is 1. The van der Waals surface area contributed by atoms with E-state index in [1.54, 1.807) is 6.20 Å². The molecule has 0 bridgehead atoms. The summed E-state index contributed by atoms with van der Waals surface area (Å²) in [6.45, 7) is 1.89. The molecule has 0 aliphatic carbocycles. The third-order valence-electron chi connectivity index (χ3n) is 4.40. The van der Waals surface area contributed by atoms with Gasteiger partial charge < -0.3 is 14.5 Å². The van der Waals surface area contributed by atoms with Crippen molar-refractivity contribution in [1.82, 2.24) is 15.0 Å². The van der Waals surface area contributed by atoms with E-state index in [9.17, 15) is 13.2 Å². The van der Waals surface area contributed by atoms with Crippen molar-refractivity contribution in [2.45, 2.75) is 19.0 Å². The second kappa shape index (κ2) is 7.98. The number of nitrogens with zero attached hydrogens (tertiary/aromatic N) is 5. The summed E-state index contributed by atoms with van der Waals surface area (Å²) in [5, 5.41) is 0. The molecule has 1 unspecified atom stereocenters. The number of rotatable bonds is 5. The van der Waals surface area contributed by atoms with Crippen molar-refractivity contribution in [2.24, 2.45) is 5.92 Å². The van der Waals surface area contributed by atoms with Crippen LogP contribution in [0.2, 0.25) is 0 Å². The van der Waals surface area contributed by atoms with Crippen molar-refractivity contribution >= 4 is 11.8 Å². The minimum Gasteiger partial charge on any atom is -0.493 e. The average molecular weight is 381 g/mol. The zero-order valence-electron chi connectivity index (χ0n) is 15.3. The summed E-state index contributed by atoms with van der Waals surface area (Å²) in [4.78, 5) is 16.3. The van der Waals surface area contributed by atoms with Crippen LogP contribution in [0.5, 0.6) is 5.75 Å². The Balaban J connectivity index is 1.61. The van der Waals surface area contributed by atoms with Crippen LogP contribution in [0.15, 0.2) is 30.6 Å². The van der Waals surface area contributed by atoms with Crippen LogP contribution in [-0.4, -0.2) is 48.7 Å². The molecule has 0 aromatic carbocycles. The smallest absolute Gasteiger partial charge is 0.433 e. The predicted molar refractivity (Wildman–Crippen MR) is 96.0 cm³/mol. The molecular formula is C18H22F3N5O. The number of anilines is 2. The summed E-state index contributed by atoms with van der Waals surface area (Å²) in [6.07, 6.45) is 0.268. The molecule has 9 heteroatoms. The Morgan fingerprint density at radius 1 is 1.22 bits per heavy atom. The van der Waals surface area contributed by atoms with E-state index in [-0.39, 0.29) is 11.7 Å². The molecule has 2 aromatic heterocycles. The van der Waals surface area contributed by atoms with E-state index in [2.05, 4.69) is 19.9 Å². The SMILES string of the molecule is CN(C)c1ccnc(N2CCCC(COc3ccnc(C(F)(F)F)c3)C2)n1. The standard InChI is InChI=1S/C18H22F3N5O/c1-25(2)16-6-8-23-17(24-16)26-9-3-4-13(11-26)12-27-14-5-7-22-15(10-14)18(19,20)21/h5-8,10,13H,3-4,9,11-12H2,1-2H3. The van der Waals surface area contributed by atoms with Crippen LogP contribution in [0.3, 0.4) is 0 Å². The highest BCUT2D eigenvalue weighted by Crippen LogP contribution is 2.30. The van der Waals surface area contributed by atoms with Gasteiger partial charge in [0, 0.05) is 51.6 Å². The van der Waals surface area contributed by atoms with Crippen LogP contribution in [0, 0.1) is 5.92 Å². The molecule has 0 saturated carbocycles. The first-order chi connectivity index (χ1) is 12.8. The van der Waals surface area contributed by atoms with Gasteiger partial charge in [-0.25, -0.2) is 4.98 Å². The maximum Gasteiger partial charge on any atom is 0.433 e. The van der Waals surface area contributed by atoms with E-state index in [1.807, 2.05) is 25.1 Å². The third-order valence-corrected chi connectivity index (χ3v) is 4.40. The number of hydrogen-bond acceptors (Lipinski definition) is 6. The fraction of sp³-hybridized carbons (Fsp3) is 0.500. The second-order valence-electron chi connectivity index (χ2n) is 6.75. The Morgan fingerprint density at radius 2 is 2.00 bits per heavy atom. The van der Waals surface area contributed by atoms with Gasteiger partial charge in [0.15, 0.2) is 0 Å². The van der Waals surface area contributed by atoms with Gasteiger partial charge >= 0.3 is 6.18 Å². The summed E-state index contributed by atoms with van der Waals surface area (Å²) >= 11 is 0. The number of piperidine rings is 1. The summed E-state index contributed by atoms with van der Waals surface area (Å²) < 4.78 is 43.9. The van der Waals surface area contributed by atoms with Crippen molar-refractivity contribution < 1.29 is 17.9 Å². The Labute approximate surface area is 156 Å². The van der Waals surface area contributed by atoms with Crippen LogP contribution in [0.1, 0.15) is 18.5 Å². The first-order valence-corrected chi connectivity index (χ1v) is 8.74. The molecule has 6 nitrogen and oxygen atoms in total. The molecule has 1 saturated heterocycles. The molecule has 0 N–H and O–H groups in total. The molecule has 1 aliphatic heterocycles. The molecule has 146 valence electrons. The van der Waals surface area contributed by atoms with Gasteiger partial charge in [-0.1, -0.05) is 0 Å². The summed E-state index contributed by atoms with van der Waals surface area (Å²) in [5.74, 6) is 1.86. The number of pyridine rings is 1. The van der Waals surface area contributed by atoms with Crippen LogP contribution in [0.4, 0.5) is 24.9 Å². The van der Waals surface area contributed by atoms with Gasteiger partial charge in [-0.05, 0) is 25.0 Å².